The van der Waals surface area contributed by atoms with Crippen LogP contribution in [0.25, 0.3) is 0 Å². The number of benzene rings is 1. The average Bonchev–Trinajstić information content (AvgIpc) is 2.30. The molecule has 1 aliphatic heterocycles. The van der Waals surface area contributed by atoms with Crippen LogP contribution in [0.15, 0.2) is 24.3 Å². The second kappa shape index (κ2) is 4.31. The summed E-state index contributed by atoms with van der Waals surface area (Å²) in [6.45, 7) is 1.99. The Bertz CT molecular complexity index is 365. The van der Waals surface area contributed by atoms with E-state index in [9.17, 15) is 4.79 Å². The van der Waals surface area contributed by atoms with E-state index >= 15 is 0 Å². The molecule has 0 bridgehead atoms. The number of para-hydroxylation sites is 1. The number of hydrogen-bond acceptors (Lipinski definition) is 2. The predicted molar refractivity (Wildman–Crippen MR) is 59.7 cm³/mol. The highest BCUT2D eigenvalue weighted by Crippen LogP contribution is 2.21. The Kier molecular flexibility index (Phi) is 2.87. The van der Waals surface area contributed by atoms with E-state index in [0.29, 0.717) is 6.54 Å². The van der Waals surface area contributed by atoms with Gasteiger partial charge < -0.3 is 11.1 Å². The lowest BCUT2D eigenvalue weighted by molar-refractivity contribution is 0.243. The number of nitrogens with one attached hydrogen (secondary N) is 1. The maximum atomic E-state index is 11.6. The van der Waals surface area contributed by atoms with Gasteiger partial charge in [-0.25, -0.2) is 4.79 Å². The first-order chi connectivity index (χ1) is 7.33. The van der Waals surface area contributed by atoms with Crippen molar-refractivity contribution in [2.24, 2.45) is 5.73 Å². The molecule has 0 spiro atoms. The molecular weight excluding hydrogens is 190 g/mol. The largest absolute Gasteiger partial charge is 0.338 e. The summed E-state index contributed by atoms with van der Waals surface area (Å²) in [5.74, 6) is 0. The van der Waals surface area contributed by atoms with Crippen molar-refractivity contribution in [3.05, 3.63) is 29.8 Å². The molecule has 0 aliphatic carbocycles. The highest BCUT2D eigenvalue weighted by molar-refractivity contribution is 5.93. The fourth-order valence-electron chi connectivity index (χ4n) is 1.81. The third-order valence-corrected chi connectivity index (χ3v) is 2.58. The zero-order chi connectivity index (χ0) is 10.7. The van der Waals surface area contributed by atoms with E-state index < -0.39 is 0 Å². The molecule has 4 heteroatoms. The van der Waals surface area contributed by atoms with Gasteiger partial charge in [0.15, 0.2) is 0 Å². The van der Waals surface area contributed by atoms with Gasteiger partial charge in [-0.3, -0.25) is 4.90 Å². The van der Waals surface area contributed by atoms with Crippen molar-refractivity contribution in [1.82, 2.24) is 5.32 Å². The van der Waals surface area contributed by atoms with Gasteiger partial charge in [-0.15, -0.1) is 0 Å². The van der Waals surface area contributed by atoms with Crippen molar-refractivity contribution in [2.75, 3.05) is 18.0 Å². The first-order valence-corrected chi connectivity index (χ1v) is 5.16. The molecule has 0 radical (unpaired) electrons. The molecule has 0 atom stereocenters. The number of nitrogens with two attached hydrogens (primary N) is 1. The summed E-state index contributed by atoms with van der Waals surface area (Å²) < 4.78 is 0. The van der Waals surface area contributed by atoms with E-state index in [-0.39, 0.29) is 6.03 Å². The molecular formula is C11H15N3O. The molecule has 1 fully saturated rings. The highest BCUT2D eigenvalue weighted by Gasteiger charge is 2.20. The van der Waals surface area contributed by atoms with Crippen LogP contribution in [-0.2, 0) is 6.54 Å². The highest BCUT2D eigenvalue weighted by atomic mass is 16.2. The Morgan fingerprint density at radius 2 is 2.20 bits per heavy atom. The van der Waals surface area contributed by atoms with Crippen molar-refractivity contribution < 1.29 is 4.79 Å². The minimum atomic E-state index is -0.0258. The Morgan fingerprint density at radius 1 is 1.40 bits per heavy atom. The van der Waals surface area contributed by atoms with Crippen LogP contribution >= 0.6 is 0 Å². The van der Waals surface area contributed by atoms with E-state index in [1.165, 1.54) is 0 Å². The Morgan fingerprint density at radius 3 is 2.93 bits per heavy atom. The molecule has 2 amide bonds. The molecule has 3 N–H and O–H groups in total. The van der Waals surface area contributed by atoms with Gasteiger partial charge in [-0.05, 0) is 18.1 Å². The summed E-state index contributed by atoms with van der Waals surface area (Å²) in [7, 11) is 0. The number of nitrogens with zero attached hydrogens (tertiary/aromatic N) is 1. The van der Waals surface area contributed by atoms with E-state index in [1.807, 2.05) is 24.3 Å². The minimum Gasteiger partial charge on any atom is -0.338 e. The SMILES string of the molecule is NCc1ccccc1N1CCCNC1=O. The monoisotopic (exact) mass is 205 g/mol. The van der Waals surface area contributed by atoms with E-state index in [4.69, 9.17) is 5.73 Å². The second-order valence-electron chi connectivity index (χ2n) is 3.57. The third kappa shape index (κ3) is 1.94. The molecule has 1 aromatic carbocycles. The van der Waals surface area contributed by atoms with Crippen molar-refractivity contribution >= 4 is 11.7 Å². The van der Waals surface area contributed by atoms with Gasteiger partial charge >= 0.3 is 6.03 Å². The number of carbonyl (C=O) groups excluding carboxylic acids is 1. The molecule has 80 valence electrons. The Balaban J connectivity index is 2.30. The Hall–Kier alpha value is -1.55. The summed E-state index contributed by atoms with van der Waals surface area (Å²) in [5, 5.41) is 2.83. The van der Waals surface area contributed by atoms with Gasteiger partial charge in [-0.1, -0.05) is 18.2 Å². The normalized spacial score (nSPS) is 16.3. The maximum absolute atomic E-state index is 11.6. The molecule has 1 heterocycles. The van der Waals surface area contributed by atoms with Gasteiger partial charge in [-0.2, -0.15) is 0 Å². The molecule has 1 aromatic rings. The molecule has 2 rings (SSSR count). The van der Waals surface area contributed by atoms with Crippen LogP contribution in [-0.4, -0.2) is 19.1 Å². The van der Waals surface area contributed by atoms with Crippen LogP contribution in [0.2, 0.25) is 0 Å². The lowest BCUT2D eigenvalue weighted by atomic mass is 10.1. The number of hydrogen-bond donors (Lipinski definition) is 2. The van der Waals surface area contributed by atoms with Crippen molar-refractivity contribution in [3.8, 4) is 0 Å². The minimum absolute atomic E-state index is 0.0258. The summed E-state index contributed by atoms with van der Waals surface area (Å²) in [4.78, 5) is 13.4. The standard InChI is InChI=1S/C11H15N3O/c12-8-9-4-1-2-5-10(9)14-7-3-6-13-11(14)15/h1-2,4-5H,3,6-8,12H2,(H,13,15). The third-order valence-electron chi connectivity index (χ3n) is 2.58. The first-order valence-electron chi connectivity index (χ1n) is 5.16. The number of anilines is 1. The predicted octanol–water partition coefficient (Wildman–Crippen LogP) is 1.06. The topological polar surface area (TPSA) is 58.4 Å². The summed E-state index contributed by atoms with van der Waals surface area (Å²) in [6, 6.07) is 7.73. The van der Waals surface area contributed by atoms with Crippen molar-refractivity contribution in [1.29, 1.82) is 0 Å². The van der Waals surface area contributed by atoms with E-state index in [1.54, 1.807) is 4.90 Å². The van der Waals surface area contributed by atoms with Crippen LogP contribution in [0.3, 0.4) is 0 Å². The molecule has 0 unspecified atom stereocenters. The lowest BCUT2D eigenvalue weighted by Gasteiger charge is -2.29. The van der Waals surface area contributed by atoms with Gasteiger partial charge in [0.05, 0.1) is 0 Å². The van der Waals surface area contributed by atoms with Crippen LogP contribution in [0.4, 0.5) is 10.5 Å². The van der Waals surface area contributed by atoms with Gasteiger partial charge in [0, 0.05) is 25.3 Å². The number of rotatable bonds is 2. The van der Waals surface area contributed by atoms with Crippen molar-refractivity contribution in [2.45, 2.75) is 13.0 Å². The number of urea groups is 1. The Labute approximate surface area is 89.1 Å². The van der Waals surface area contributed by atoms with E-state index in [0.717, 1.165) is 30.8 Å². The molecule has 4 nitrogen and oxygen atoms in total. The fourth-order valence-corrected chi connectivity index (χ4v) is 1.81. The zero-order valence-corrected chi connectivity index (χ0v) is 8.57. The fraction of sp³-hybridized carbons (Fsp3) is 0.364. The van der Waals surface area contributed by atoms with Crippen LogP contribution in [0, 0.1) is 0 Å². The van der Waals surface area contributed by atoms with Crippen LogP contribution in [0.1, 0.15) is 12.0 Å². The smallest absolute Gasteiger partial charge is 0.321 e. The van der Waals surface area contributed by atoms with Gasteiger partial charge in [0.2, 0.25) is 0 Å². The molecule has 1 saturated heterocycles. The first kappa shape index (κ1) is 9.98. The van der Waals surface area contributed by atoms with Crippen LogP contribution < -0.4 is 16.0 Å². The average molecular weight is 205 g/mol. The number of amides is 2. The summed E-state index contributed by atoms with van der Waals surface area (Å²) >= 11 is 0. The zero-order valence-electron chi connectivity index (χ0n) is 8.57. The van der Waals surface area contributed by atoms with Crippen molar-refractivity contribution in [3.63, 3.8) is 0 Å². The number of carbonyl (C=O) groups is 1. The van der Waals surface area contributed by atoms with Gasteiger partial charge in [0.25, 0.3) is 0 Å². The quantitative estimate of drug-likeness (QED) is 0.758. The molecule has 0 aromatic heterocycles. The molecule has 0 saturated carbocycles. The van der Waals surface area contributed by atoms with Crippen LogP contribution in [0.5, 0.6) is 0 Å². The lowest BCUT2D eigenvalue weighted by Crippen LogP contribution is -2.46. The summed E-state index contributed by atoms with van der Waals surface area (Å²) in [6.07, 6.45) is 0.977. The van der Waals surface area contributed by atoms with Gasteiger partial charge in [0.1, 0.15) is 0 Å². The second-order valence-corrected chi connectivity index (χ2v) is 3.57. The summed E-state index contributed by atoms with van der Waals surface area (Å²) in [5.41, 5.74) is 7.58. The molecule has 15 heavy (non-hydrogen) atoms. The molecule has 1 aliphatic rings. The van der Waals surface area contributed by atoms with E-state index in [2.05, 4.69) is 5.32 Å². The maximum Gasteiger partial charge on any atom is 0.321 e.